The number of imidazole rings is 1. The standard InChI is InChI=1S/C10H19N5O.HI/c1-11-10(14-5-8-16-2)13-4-7-15-6-3-12-9-15;/h3,6,9H,4-5,7-8H2,1-2H3,(H2,11,13,14);1H. The Morgan fingerprint density at radius 1 is 1.41 bits per heavy atom. The average molecular weight is 353 g/mol. The SMILES string of the molecule is CN=C(NCCOC)NCCn1ccnc1.I. The molecule has 0 amide bonds. The van der Waals surface area contributed by atoms with Gasteiger partial charge in [-0.15, -0.1) is 24.0 Å². The average Bonchev–Trinajstić information content (AvgIpc) is 2.80. The molecule has 0 saturated carbocycles. The molecule has 1 rings (SSSR count). The van der Waals surface area contributed by atoms with Crippen molar-refractivity contribution in [1.29, 1.82) is 0 Å². The van der Waals surface area contributed by atoms with Gasteiger partial charge < -0.3 is 19.9 Å². The summed E-state index contributed by atoms with van der Waals surface area (Å²) in [5, 5.41) is 6.34. The third-order valence-corrected chi connectivity index (χ3v) is 2.04. The quantitative estimate of drug-likeness (QED) is 0.335. The molecule has 6 nitrogen and oxygen atoms in total. The van der Waals surface area contributed by atoms with E-state index in [1.807, 2.05) is 10.8 Å². The first-order chi connectivity index (χ1) is 7.86. The fourth-order valence-electron chi connectivity index (χ4n) is 1.21. The Hall–Kier alpha value is -0.830. The Kier molecular flexibility index (Phi) is 9.83. The zero-order valence-electron chi connectivity index (χ0n) is 10.2. The second-order valence-electron chi connectivity index (χ2n) is 3.22. The lowest BCUT2D eigenvalue weighted by Crippen LogP contribution is -2.40. The zero-order valence-corrected chi connectivity index (χ0v) is 12.5. The summed E-state index contributed by atoms with van der Waals surface area (Å²) in [6, 6.07) is 0. The molecular formula is C10H20IN5O. The van der Waals surface area contributed by atoms with Gasteiger partial charge in [0.05, 0.1) is 12.9 Å². The maximum absolute atomic E-state index is 4.94. The van der Waals surface area contributed by atoms with Crippen molar-refractivity contribution in [3.63, 3.8) is 0 Å². The molecule has 1 heterocycles. The molecule has 98 valence electrons. The third kappa shape index (κ3) is 7.16. The summed E-state index contributed by atoms with van der Waals surface area (Å²) in [7, 11) is 3.43. The number of halogens is 1. The summed E-state index contributed by atoms with van der Waals surface area (Å²) in [6.45, 7) is 3.09. The lowest BCUT2D eigenvalue weighted by molar-refractivity contribution is 0.203. The minimum Gasteiger partial charge on any atom is -0.383 e. The van der Waals surface area contributed by atoms with E-state index in [4.69, 9.17) is 4.74 Å². The van der Waals surface area contributed by atoms with Crippen LogP contribution in [0.25, 0.3) is 0 Å². The predicted octanol–water partition coefficient (Wildman–Crippen LogP) is 0.312. The topological polar surface area (TPSA) is 63.5 Å². The van der Waals surface area contributed by atoms with E-state index in [0.29, 0.717) is 6.61 Å². The van der Waals surface area contributed by atoms with Gasteiger partial charge in [-0.05, 0) is 0 Å². The third-order valence-electron chi connectivity index (χ3n) is 2.04. The van der Waals surface area contributed by atoms with E-state index in [9.17, 15) is 0 Å². The molecule has 0 radical (unpaired) electrons. The molecule has 0 saturated heterocycles. The van der Waals surface area contributed by atoms with Gasteiger partial charge in [-0.3, -0.25) is 4.99 Å². The van der Waals surface area contributed by atoms with Crippen molar-refractivity contribution in [3.8, 4) is 0 Å². The Morgan fingerprint density at radius 3 is 2.76 bits per heavy atom. The first kappa shape index (κ1) is 16.2. The highest BCUT2D eigenvalue weighted by Gasteiger charge is 1.95. The molecule has 0 spiro atoms. The van der Waals surface area contributed by atoms with Crippen LogP contribution in [0, 0.1) is 0 Å². The molecule has 0 aromatic carbocycles. The number of rotatable bonds is 6. The minimum absolute atomic E-state index is 0. The van der Waals surface area contributed by atoms with Gasteiger partial charge in [-0.25, -0.2) is 4.98 Å². The fourth-order valence-corrected chi connectivity index (χ4v) is 1.21. The van der Waals surface area contributed by atoms with Gasteiger partial charge in [0.15, 0.2) is 5.96 Å². The van der Waals surface area contributed by atoms with Crippen LogP contribution >= 0.6 is 24.0 Å². The van der Waals surface area contributed by atoms with Crippen LogP contribution in [0.1, 0.15) is 0 Å². The highest BCUT2D eigenvalue weighted by Crippen LogP contribution is 1.83. The maximum atomic E-state index is 4.94. The maximum Gasteiger partial charge on any atom is 0.191 e. The van der Waals surface area contributed by atoms with Gasteiger partial charge in [0.25, 0.3) is 0 Å². The molecule has 0 fully saturated rings. The van der Waals surface area contributed by atoms with Gasteiger partial charge in [0.1, 0.15) is 0 Å². The van der Waals surface area contributed by atoms with Gasteiger partial charge in [0, 0.05) is 46.2 Å². The number of nitrogens with one attached hydrogen (secondary N) is 2. The molecule has 1 aromatic heterocycles. The van der Waals surface area contributed by atoms with Crippen molar-refractivity contribution in [1.82, 2.24) is 20.2 Å². The van der Waals surface area contributed by atoms with Crippen molar-refractivity contribution < 1.29 is 4.74 Å². The minimum atomic E-state index is 0. The summed E-state index contributed by atoms with van der Waals surface area (Å²) in [4.78, 5) is 8.07. The van der Waals surface area contributed by atoms with E-state index in [1.54, 1.807) is 26.7 Å². The van der Waals surface area contributed by atoms with Crippen LogP contribution < -0.4 is 10.6 Å². The highest BCUT2D eigenvalue weighted by atomic mass is 127. The Morgan fingerprint density at radius 2 is 2.18 bits per heavy atom. The van der Waals surface area contributed by atoms with Crippen molar-refractivity contribution >= 4 is 29.9 Å². The number of ether oxygens (including phenoxy) is 1. The second-order valence-corrected chi connectivity index (χ2v) is 3.22. The van der Waals surface area contributed by atoms with E-state index in [0.717, 1.165) is 25.6 Å². The van der Waals surface area contributed by atoms with Crippen LogP contribution in [-0.4, -0.2) is 49.4 Å². The van der Waals surface area contributed by atoms with Crippen molar-refractivity contribution in [2.75, 3.05) is 33.9 Å². The number of hydrogen-bond acceptors (Lipinski definition) is 3. The van der Waals surface area contributed by atoms with Gasteiger partial charge >= 0.3 is 0 Å². The van der Waals surface area contributed by atoms with E-state index in [-0.39, 0.29) is 24.0 Å². The highest BCUT2D eigenvalue weighted by molar-refractivity contribution is 14.0. The first-order valence-corrected chi connectivity index (χ1v) is 5.26. The van der Waals surface area contributed by atoms with Crippen LogP contribution in [0.4, 0.5) is 0 Å². The van der Waals surface area contributed by atoms with Gasteiger partial charge in [-0.2, -0.15) is 0 Å². The number of aliphatic imine (C=N–C) groups is 1. The molecule has 0 unspecified atom stereocenters. The van der Waals surface area contributed by atoms with Crippen molar-refractivity contribution in [2.24, 2.45) is 4.99 Å². The summed E-state index contributed by atoms with van der Waals surface area (Å²) < 4.78 is 6.95. The van der Waals surface area contributed by atoms with Gasteiger partial charge in [0.2, 0.25) is 0 Å². The van der Waals surface area contributed by atoms with Crippen molar-refractivity contribution in [3.05, 3.63) is 18.7 Å². The molecule has 0 aliphatic rings. The lowest BCUT2D eigenvalue weighted by atomic mass is 10.6. The molecule has 0 aliphatic carbocycles. The second kappa shape index (κ2) is 10.3. The Labute approximate surface area is 119 Å². The first-order valence-electron chi connectivity index (χ1n) is 5.26. The van der Waals surface area contributed by atoms with E-state index in [2.05, 4.69) is 20.6 Å². The molecule has 0 bridgehead atoms. The van der Waals surface area contributed by atoms with Crippen LogP contribution in [0.2, 0.25) is 0 Å². The normalized spacial score (nSPS) is 10.8. The van der Waals surface area contributed by atoms with E-state index < -0.39 is 0 Å². The summed E-state index contributed by atoms with van der Waals surface area (Å²) in [5.74, 6) is 0.789. The molecule has 17 heavy (non-hydrogen) atoms. The van der Waals surface area contributed by atoms with Crippen LogP contribution in [-0.2, 0) is 11.3 Å². The number of nitrogens with zero attached hydrogens (tertiary/aromatic N) is 3. The molecular weight excluding hydrogens is 333 g/mol. The Balaban J connectivity index is 0.00000256. The smallest absolute Gasteiger partial charge is 0.191 e. The zero-order chi connectivity index (χ0) is 11.6. The molecule has 1 aromatic rings. The number of hydrogen-bond donors (Lipinski definition) is 2. The van der Waals surface area contributed by atoms with E-state index >= 15 is 0 Å². The summed E-state index contributed by atoms with van der Waals surface area (Å²) >= 11 is 0. The molecule has 2 N–H and O–H groups in total. The Bertz CT molecular complexity index is 302. The van der Waals surface area contributed by atoms with Crippen LogP contribution in [0.5, 0.6) is 0 Å². The molecule has 0 atom stereocenters. The summed E-state index contributed by atoms with van der Waals surface area (Å²) in [5.41, 5.74) is 0. The van der Waals surface area contributed by atoms with E-state index in [1.165, 1.54) is 0 Å². The summed E-state index contributed by atoms with van der Waals surface area (Å²) in [6.07, 6.45) is 5.50. The number of aromatic nitrogens is 2. The molecule has 0 aliphatic heterocycles. The van der Waals surface area contributed by atoms with Crippen LogP contribution in [0.15, 0.2) is 23.7 Å². The van der Waals surface area contributed by atoms with Gasteiger partial charge in [-0.1, -0.05) is 0 Å². The monoisotopic (exact) mass is 353 g/mol. The lowest BCUT2D eigenvalue weighted by Gasteiger charge is -2.11. The number of methoxy groups -OCH3 is 1. The largest absolute Gasteiger partial charge is 0.383 e. The number of guanidine groups is 1. The van der Waals surface area contributed by atoms with Crippen LogP contribution in [0.3, 0.4) is 0 Å². The fraction of sp³-hybridized carbons (Fsp3) is 0.600. The predicted molar refractivity (Wildman–Crippen MR) is 78.9 cm³/mol. The molecule has 7 heteroatoms. The van der Waals surface area contributed by atoms with Crippen molar-refractivity contribution in [2.45, 2.75) is 6.54 Å².